The highest BCUT2D eigenvalue weighted by atomic mass is 32.2. The summed E-state index contributed by atoms with van der Waals surface area (Å²) >= 11 is 0. The van der Waals surface area contributed by atoms with Crippen molar-refractivity contribution in [2.75, 3.05) is 26.2 Å². The highest BCUT2D eigenvalue weighted by molar-refractivity contribution is 7.89. The Balaban J connectivity index is 1.71. The summed E-state index contributed by atoms with van der Waals surface area (Å²) < 4.78 is 32.0. The number of amides is 1. The van der Waals surface area contributed by atoms with Crippen molar-refractivity contribution in [1.82, 2.24) is 19.4 Å². The molecule has 24 heavy (non-hydrogen) atoms. The molecule has 0 saturated carbocycles. The Morgan fingerprint density at radius 2 is 1.75 bits per heavy atom. The van der Waals surface area contributed by atoms with Gasteiger partial charge in [-0.1, -0.05) is 18.2 Å². The van der Waals surface area contributed by atoms with Crippen LogP contribution < -0.4 is 0 Å². The maximum Gasteiger partial charge on any atom is 0.311 e. The van der Waals surface area contributed by atoms with Gasteiger partial charge < -0.3 is 9.32 Å². The van der Waals surface area contributed by atoms with Gasteiger partial charge in [0.1, 0.15) is 0 Å². The van der Waals surface area contributed by atoms with Crippen LogP contribution in [-0.4, -0.2) is 59.9 Å². The number of aryl methyl sites for hydroxylation is 2. The van der Waals surface area contributed by atoms with Crippen molar-refractivity contribution in [3.05, 3.63) is 41.6 Å². The average Bonchev–Trinajstić information content (AvgIpc) is 3.01. The third-order valence-corrected chi connectivity index (χ3v) is 6.01. The smallest absolute Gasteiger partial charge is 0.311 e. The van der Waals surface area contributed by atoms with Gasteiger partial charge in [-0.25, -0.2) is 8.42 Å². The first kappa shape index (κ1) is 16.6. The summed E-state index contributed by atoms with van der Waals surface area (Å²) in [6, 6.07) is 6.88. The largest absolute Gasteiger partial charge is 0.417 e. The number of aromatic nitrogens is 2. The van der Waals surface area contributed by atoms with Crippen LogP contribution in [0.15, 0.2) is 33.6 Å². The minimum Gasteiger partial charge on any atom is -0.417 e. The molecule has 1 fully saturated rings. The molecule has 0 aliphatic carbocycles. The Labute approximate surface area is 140 Å². The van der Waals surface area contributed by atoms with E-state index in [1.807, 2.05) is 0 Å². The van der Waals surface area contributed by atoms with E-state index < -0.39 is 10.0 Å². The molecule has 1 aromatic carbocycles. The summed E-state index contributed by atoms with van der Waals surface area (Å²) in [6.45, 7) is 4.41. The van der Waals surface area contributed by atoms with Gasteiger partial charge in [-0.15, -0.1) is 10.2 Å². The Kier molecular flexibility index (Phi) is 4.37. The zero-order chi connectivity index (χ0) is 17.3. The fourth-order valence-corrected chi connectivity index (χ4v) is 4.28. The molecule has 3 rings (SSSR count). The molecule has 0 bridgehead atoms. The second kappa shape index (κ2) is 6.33. The van der Waals surface area contributed by atoms with Gasteiger partial charge in [-0.3, -0.25) is 4.79 Å². The summed E-state index contributed by atoms with van der Waals surface area (Å²) in [6.07, 6.45) is 0. The zero-order valence-corrected chi connectivity index (χ0v) is 14.3. The van der Waals surface area contributed by atoms with E-state index in [1.54, 1.807) is 38.1 Å². The fourth-order valence-electron chi connectivity index (χ4n) is 2.63. The number of rotatable bonds is 3. The maximum absolute atomic E-state index is 12.7. The molecule has 1 saturated heterocycles. The van der Waals surface area contributed by atoms with Crippen LogP contribution in [0.4, 0.5) is 0 Å². The van der Waals surface area contributed by atoms with Crippen LogP contribution in [0.5, 0.6) is 0 Å². The minimum absolute atomic E-state index is 0.0669. The van der Waals surface area contributed by atoms with Crippen LogP contribution >= 0.6 is 0 Å². The van der Waals surface area contributed by atoms with E-state index in [-0.39, 0.29) is 38.0 Å². The average molecular weight is 350 g/mol. The molecule has 1 aliphatic rings. The molecular formula is C15H18N4O4S. The Hall–Kier alpha value is -2.26. The lowest BCUT2D eigenvalue weighted by molar-refractivity contribution is 0.0656. The highest BCUT2D eigenvalue weighted by Gasteiger charge is 2.32. The molecule has 0 N–H and O–H groups in total. The van der Waals surface area contributed by atoms with Gasteiger partial charge in [0.05, 0.1) is 4.90 Å². The number of hydrogen-bond donors (Lipinski definition) is 0. The SMILES string of the molecule is Cc1nnc(C(=O)N2CCN(S(=O)(=O)c3ccccc3C)CC2)o1. The van der Waals surface area contributed by atoms with E-state index in [2.05, 4.69) is 10.2 Å². The summed E-state index contributed by atoms with van der Waals surface area (Å²) in [5, 5.41) is 7.34. The molecule has 0 radical (unpaired) electrons. The number of piperazine rings is 1. The number of nitrogens with zero attached hydrogens (tertiary/aromatic N) is 4. The van der Waals surface area contributed by atoms with E-state index in [4.69, 9.17) is 4.42 Å². The summed E-state index contributed by atoms with van der Waals surface area (Å²) in [5.41, 5.74) is 0.706. The first-order valence-electron chi connectivity index (χ1n) is 7.55. The molecule has 1 amide bonds. The number of sulfonamides is 1. The number of carbonyl (C=O) groups is 1. The highest BCUT2D eigenvalue weighted by Crippen LogP contribution is 2.21. The number of hydrogen-bond acceptors (Lipinski definition) is 6. The molecule has 9 heteroatoms. The van der Waals surface area contributed by atoms with Crippen LogP contribution in [0, 0.1) is 13.8 Å². The van der Waals surface area contributed by atoms with Gasteiger partial charge in [-0.2, -0.15) is 4.31 Å². The molecule has 0 atom stereocenters. The minimum atomic E-state index is -3.56. The van der Waals surface area contributed by atoms with E-state index in [1.165, 1.54) is 9.21 Å². The van der Waals surface area contributed by atoms with Gasteiger partial charge >= 0.3 is 11.8 Å². The Bertz CT molecular complexity index is 854. The van der Waals surface area contributed by atoms with Crippen molar-refractivity contribution in [3.63, 3.8) is 0 Å². The van der Waals surface area contributed by atoms with Crippen LogP contribution in [0.1, 0.15) is 22.1 Å². The standard InChI is InChI=1S/C15H18N4O4S/c1-11-5-3-4-6-13(11)24(21,22)19-9-7-18(8-10-19)15(20)14-17-16-12(2)23-14/h3-6H,7-10H2,1-2H3. The van der Waals surface area contributed by atoms with Gasteiger partial charge in [0.2, 0.25) is 15.9 Å². The van der Waals surface area contributed by atoms with Gasteiger partial charge in [0.15, 0.2) is 0 Å². The third-order valence-electron chi connectivity index (χ3n) is 3.95. The van der Waals surface area contributed by atoms with Crippen LogP contribution in [0.25, 0.3) is 0 Å². The zero-order valence-electron chi connectivity index (χ0n) is 13.5. The predicted octanol–water partition coefficient (Wildman–Crippen LogP) is 0.833. The lowest BCUT2D eigenvalue weighted by Gasteiger charge is -2.33. The quantitative estimate of drug-likeness (QED) is 0.813. The van der Waals surface area contributed by atoms with E-state index in [0.29, 0.717) is 16.3 Å². The van der Waals surface area contributed by atoms with Crippen molar-refractivity contribution < 1.29 is 17.6 Å². The van der Waals surface area contributed by atoms with Gasteiger partial charge in [0.25, 0.3) is 0 Å². The predicted molar refractivity (Wildman–Crippen MR) is 84.9 cm³/mol. The fraction of sp³-hybridized carbons (Fsp3) is 0.400. The molecule has 0 unspecified atom stereocenters. The molecule has 0 spiro atoms. The van der Waals surface area contributed by atoms with Gasteiger partial charge in [-0.05, 0) is 18.6 Å². The van der Waals surface area contributed by atoms with E-state index >= 15 is 0 Å². The summed E-state index contributed by atoms with van der Waals surface area (Å²) in [4.78, 5) is 14.1. The lowest BCUT2D eigenvalue weighted by atomic mass is 10.2. The van der Waals surface area contributed by atoms with Crippen LogP contribution in [0.3, 0.4) is 0 Å². The van der Waals surface area contributed by atoms with Crippen molar-refractivity contribution in [2.45, 2.75) is 18.7 Å². The second-order valence-corrected chi connectivity index (χ2v) is 7.49. The molecule has 128 valence electrons. The van der Waals surface area contributed by atoms with Crippen molar-refractivity contribution in [2.24, 2.45) is 0 Å². The molecule has 2 aromatic rings. The monoisotopic (exact) mass is 350 g/mol. The molecular weight excluding hydrogens is 332 g/mol. The summed E-state index contributed by atoms with van der Waals surface area (Å²) in [5.74, 6) is -0.120. The maximum atomic E-state index is 12.7. The Morgan fingerprint density at radius 3 is 2.33 bits per heavy atom. The number of benzene rings is 1. The van der Waals surface area contributed by atoms with E-state index in [9.17, 15) is 13.2 Å². The third kappa shape index (κ3) is 3.04. The molecule has 2 heterocycles. The van der Waals surface area contributed by atoms with Gasteiger partial charge in [0, 0.05) is 33.1 Å². The molecule has 8 nitrogen and oxygen atoms in total. The van der Waals surface area contributed by atoms with Crippen LogP contribution in [0.2, 0.25) is 0 Å². The molecule has 1 aliphatic heterocycles. The first-order chi connectivity index (χ1) is 11.4. The Morgan fingerprint density at radius 1 is 1.08 bits per heavy atom. The van der Waals surface area contributed by atoms with Crippen molar-refractivity contribution >= 4 is 15.9 Å². The van der Waals surface area contributed by atoms with Crippen molar-refractivity contribution in [1.29, 1.82) is 0 Å². The summed E-state index contributed by atoms with van der Waals surface area (Å²) in [7, 11) is -3.56. The first-order valence-corrected chi connectivity index (χ1v) is 8.99. The number of carbonyl (C=O) groups excluding carboxylic acids is 1. The second-order valence-electron chi connectivity index (χ2n) is 5.59. The lowest BCUT2D eigenvalue weighted by Crippen LogP contribution is -2.50. The van der Waals surface area contributed by atoms with E-state index in [0.717, 1.165) is 0 Å². The normalized spacial score (nSPS) is 16.3. The topological polar surface area (TPSA) is 96.6 Å². The van der Waals surface area contributed by atoms with Crippen LogP contribution in [-0.2, 0) is 10.0 Å². The molecule has 1 aromatic heterocycles. The van der Waals surface area contributed by atoms with Crippen molar-refractivity contribution in [3.8, 4) is 0 Å².